The normalized spacial score (nSPS) is 18.5. The first-order chi connectivity index (χ1) is 8.11. The number of hydrogen-bond donors (Lipinski definition) is 0. The van der Waals surface area contributed by atoms with E-state index in [4.69, 9.17) is 8.05 Å². The standard InChI is InChI=1S/C11H10BF2NO2/c12-17-11(16)10(15-5-9(14)6-15)7-1-3-8(13)4-2-7/h1-4,9-10H,5-6H2. The van der Waals surface area contributed by atoms with Crippen LogP contribution in [0.3, 0.4) is 0 Å². The van der Waals surface area contributed by atoms with Crippen LogP contribution in [0.2, 0.25) is 0 Å². The molecule has 0 amide bonds. The van der Waals surface area contributed by atoms with Crippen LogP contribution in [0, 0.1) is 5.82 Å². The van der Waals surface area contributed by atoms with Gasteiger partial charge in [-0.15, -0.1) is 0 Å². The number of alkyl halides is 1. The van der Waals surface area contributed by atoms with Gasteiger partial charge in [0.1, 0.15) is 18.0 Å². The van der Waals surface area contributed by atoms with Gasteiger partial charge < -0.3 is 4.65 Å². The molecular formula is C11H10BF2NO2. The quantitative estimate of drug-likeness (QED) is 0.738. The molecule has 1 aromatic rings. The molecule has 1 unspecified atom stereocenters. The molecule has 1 aromatic carbocycles. The highest BCUT2D eigenvalue weighted by Crippen LogP contribution is 2.28. The summed E-state index contributed by atoms with van der Waals surface area (Å²) in [6.45, 7) is 0.300. The number of likely N-dealkylation sites (tertiary alicyclic amines) is 1. The Balaban J connectivity index is 2.21. The summed E-state index contributed by atoms with van der Waals surface area (Å²) >= 11 is 0. The Bertz CT molecular complexity index is 406. The summed E-state index contributed by atoms with van der Waals surface area (Å²) in [5.41, 5.74) is 0.536. The Kier molecular flexibility index (Phi) is 3.42. The number of rotatable bonds is 3. The average molecular weight is 237 g/mol. The predicted octanol–water partition coefficient (Wildman–Crippen LogP) is 1.15. The summed E-state index contributed by atoms with van der Waals surface area (Å²) in [6.07, 6.45) is -0.941. The average Bonchev–Trinajstić information content (AvgIpc) is 2.29. The Morgan fingerprint density at radius 3 is 2.47 bits per heavy atom. The first-order valence-electron chi connectivity index (χ1n) is 5.16. The molecule has 2 radical (unpaired) electrons. The van der Waals surface area contributed by atoms with E-state index in [0.29, 0.717) is 5.56 Å². The van der Waals surface area contributed by atoms with Gasteiger partial charge in [0.25, 0.3) is 0 Å². The highest BCUT2D eigenvalue weighted by atomic mass is 19.1. The number of carbonyl (C=O) groups excluding carboxylic acids is 1. The summed E-state index contributed by atoms with van der Waals surface area (Å²) in [7, 11) is 4.85. The van der Waals surface area contributed by atoms with Crippen LogP contribution in [0.25, 0.3) is 0 Å². The fourth-order valence-corrected chi connectivity index (χ4v) is 1.87. The fraction of sp³-hybridized carbons (Fsp3) is 0.364. The number of hydrogen-bond acceptors (Lipinski definition) is 3. The van der Waals surface area contributed by atoms with E-state index in [1.807, 2.05) is 0 Å². The summed E-state index contributed by atoms with van der Waals surface area (Å²) in [5.74, 6) is -1.08. The smallest absolute Gasteiger partial charge is 0.378 e. The number of halogens is 2. The second kappa shape index (κ2) is 4.83. The van der Waals surface area contributed by atoms with Crippen molar-refractivity contribution in [1.29, 1.82) is 0 Å². The highest BCUT2D eigenvalue weighted by Gasteiger charge is 2.37. The lowest BCUT2D eigenvalue weighted by Gasteiger charge is -2.39. The van der Waals surface area contributed by atoms with E-state index in [1.165, 1.54) is 24.3 Å². The Hall–Kier alpha value is -1.43. The lowest BCUT2D eigenvalue weighted by molar-refractivity contribution is -0.143. The lowest BCUT2D eigenvalue weighted by atomic mass is 10.0. The topological polar surface area (TPSA) is 29.5 Å². The van der Waals surface area contributed by atoms with Gasteiger partial charge in [-0.1, -0.05) is 12.1 Å². The van der Waals surface area contributed by atoms with Crippen LogP contribution in [-0.4, -0.2) is 38.2 Å². The fourth-order valence-electron chi connectivity index (χ4n) is 1.87. The monoisotopic (exact) mass is 237 g/mol. The summed E-state index contributed by atoms with van der Waals surface area (Å²) in [4.78, 5) is 13.1. The number of benzene rings is 1. The lowest BCUT2D eigenvalue weighted by Crippen LogP contribution is -2.52. The molecule has 3 nitrogen and oxygen atoms in total. The zero-order valence-electron chi connectivity index (χ0n) is 8.98. The Morgan fingerprint density at radius 2 is 2.00 bits per heavy atom. The minimum absolute atomic E-state index is 0.150. The Labute approximate surface area is 98.8 Å². The van der Waals surface area contributed by atoms with Gasteiger partial charge in [0.2, 0.25) is 0 Å². The van der Waals surface area contributed by atoms with Crippen LogP contribution in [0.5, 0.6) is 0 Å². The van der Waals surface area contributed by atoms with Crippen LogP contribution in [0.1, 0.15) is 11.6 Å². The molecule has 1 aliphatic rings. The molecule has 1 aliphatic heterocycles. The third-order valence-corrected chi connectivity index (χ3v) is 2.76. The van der Waals surface area contributed by atoms with Crippen molar-refractivity contribution in [3.63, 3.8) is 0 Å². The van der Waals surface area contributed by atoms with Crippen LogP contribution in [0.15, 0.2) is 24.3 Å². The van der Waals surface area contributed by atoms with E-state index in [1.54, 1.807) is 4.90 Å². The van der Waals surface area contributed by atoms with Crippen molar-refractivity contribution in [3.05, 3.63) is 35.6 Å². The van der Waals surface area contributed by atoms with Crippen LogP contribution < -0.4 is 0 Å². The van der Waals surface area contributed by atoms with Gasteiger partial charge in [-0.25, -0.2) is 8.78 Å². The van der Waals surface area contributed by atoms with Gasteiger partial charge in [-0.3, -0.25) is 9.69 Å². The molecule has 1 saturated heterocycles. The Morgan fingerprint density at radius 1 is 1.41 bits per heavy atom. The molecule has 1 fully saturated rings. The van der Waals surface area contributed by atoms with Crippen molar-refractivity contribution >= 4 is 14.0 Å². The second-order valence-electron chi connectivity index (χ2n) is 3.94. The van der Waals surface area contributed by atoms with Crippen molar-refractivity contribution in [2.24, 2.45) is 0 Å². The molecule has 0 bridgehead atoms. The van der Waals surface area contributed by atoms with E-state index in [9.17, 15) is 13.6 Å². The molecule has 17 heavy (non-hydrogen) atoms. The molecule has 0 aromatic heterocycles. The summed E-state index contributed by atoms with van der Waals surface area (Å²) in [5, 5.41) is 0. The second-order valence-corrected chi connectivity index (χ2v) is 3.94. The van der Waals surface area contributed by atoms with Crippen LogP contribution >= 0.6 is 0 Å². The van der Waals surface area contributed by atoms with Crippen molar-refractivity contribution in [3.8, 4) is 0 Å². The van der Waals surface area contributed by atoms with Crippen LogP contribution in [-0.2, 0) is 9.45 Å². The molecular weight excluding hydrogens is 227 g/mol. The molecule has 6 heteroatoms. The maximum Gasteiger partial charge on any atom is 0.378 e. The number of nitrogens with zero attached hydrogens (tertiary/aromatic N) is 1. The van der Waals surface area contributed by atoms with Gasteiger partial charge in [-0.05, 0) is 17.7 Å². The molecule has 0 spiro atoms. The minimum Gasteiger partial charge on any atom is -0.542 e. The SMILES string of the molecule is [B]OC(=O)C(c1ccc(F)cc1)N1CC(F)C1. The van der Waals surface area contributed by atoms with Gasteiger partial charge in [-0.2, -0.15) is 0 Å². The predicted molar refractivity (Wildman–Crippen MR) is 57.5 cm³/mol. The third-order valence-electron chi connectivity index (χ3n) is 2.76. The minimum atomic E-state index is -0.941. The largest absolute Gasteiger partial charge is 0.542 e. The molecule has 0 saturated carbocycles. The van der Waals surface area contributed by atoms with E-state index in [2.05, 4.69) is 4.65 Å². The van der Waals surface area contributed by atoms with Gasteiger partial charge in [0, 0.05) is 13.1 Å². The zero-order valence-corrected chi connectivity index (χ0v) is 8.98. The molecule has 0 N–H and O–H groups in total. The van der Waals surface area contributed by atoms with E-state index >= 15 is 0 Å². The van der Waals surface area contributed by atoms with Crippen LogP contribution in [0.4, 0.5) is 8.78 Å². The molecule has 2 rings (SSSR count). The van der Waals surface area contributed by atoms with Crippen molar-refractivity contribution in [2.45, 2.75) is 12.2 Å². The van der Waals surface area contributed by atoms with E-state index < -0.39 is 24.0 Å². The maximum atomic E-state index is 12.8. The third kappa shape index (κ3) is 2.47. The molecule has 1 heterocycles. The molecule has 0 aliphatic carbocycles. The highest BCUT2D eigenvalue weighted by molar-refractivity contribution is 6.06. The van der Waals surface area contributed by atoms with Crippen molar-refractivity contribution in [2.75, 3.05) is 13.1 Å². The van der Waals surface area contributed by atoms with Gasteiger partial charge in [0.15, 0.2) is 0 Å². The van der Waals surface area contributed by atoms with Gasteiger partial charge >= 0.3 is 14.0 Å². The zero-order chi connectivity index (χ0) is 12.4. The number of carbonyl (C=O) groups is 1. The molecule has 1 atom stereocenters. The van der Waals surface area contributed by atoms with E-state index in [-0.39, 0.29) is 13.1 Å². The maximum absolute atomic E-state index is 12.8. The summed E-state index contributed by atoms with van der Waals surface area (Å²) < 4.78 is 29.8. The first kappa shape index (κ1) is 12.0. The summed E-state index contributed by atoms with van der Waals surface area (Å²) in [6, 6.07) is 4.62. The van der Waals surface area contributed by atoms with E-state index in [0.717, 1.165) is 0 Å². The van der Waals surface area contributed by atoms with Gasteiger partial charge in [0.05, 0.1) is 0 Å². The van der Waals surface area contributed by atoms with Crippen molar-refractivity contribution < 1.29 is 18.2 Å². The molecule has 88 valence electrons. The van der Waals surface area contributed by atoms with Crippen molar-refractivity contribution in [1.82, 2.24) is 4.90 Å². The first-order valence-corrected chi connectivity index (χ1v) is 5.16.